The minimum atomic E-state index is 0.777. The zero-order chi connectivity index (χ0) is 11.7. The van der Waals surface area contributed by atoms with E-state index >= 15 is 0 Å². The van der Waals surface area contributed by atoms with Gasteiger partial charge in [-0.15, -0.1) is 11.3 Å². The van der Waals surface area contributed by atoms with Crippen molar-refractivity contribution in [2.75, 3.05) is 13.1 Å². The van der Waals surface area contributed by atoms with Crippen molar-refractivity contribution in [1.29, 1.82) is 0 Å². The van der Waals surface area contributed by atoms with Gasteiger partial charge in [-0.25, -0.2) is 4.98 Å². The van der Waals surface area contributed by atoms with Crippen LogP contribution in [0.4, 0.5) is 0 Å². The molecule has 0 bridgehead atoms. The van der Waals surface area contributed by atoms with E-state index in [1.54, 1.807) is 0 Å². The summed E-state index contributed by atoms with van der Waals surface area (Å²) in [6.45, 7) is 4.48. The normalized spacial score (nSPS) is 19.9. The first kappa shape index (κ1) is 11.0. The standard InChI is InChI=1S/C13H17N3S/c1-9-13(11-3-5-15-8-11)16-12(17-9)6-10-2-4-14-7-10/h3,5,8,10,14-15H,2,4,6-7H2,1H3. The maximum absolute atomic E-state index is 4.79. The highest BCUT2D eigenvalue weighted by Crippen LogP contribution is 2.29. The van der Waals surface area contributed by atoms with Crippen molar-refractivity contribution < 1.29 is 0 Å². The summed E-state index contributed by atoms with van der Waals surface area (Å²) in [6, 6.07) is 2.09. The summed E-state index contributed by atoms with van der Waals surface area (Å²) in [6.07, 6.45) is 6.39. The number of aromatic nitrogens is 2. The van der Waals surface area contributed by atoms with Gasteiger partial charge in [0.25, 0.3) is 0 Å². The summed E-state index contributed by atoms with van der Waals surface area (Å²) >= 11 is 1.85. The molecule has 0 saturated carbocycles. The molecule has 17 heavy (non-hydrogen) atoms. The van der Waals surface area contributed by atoms with Gasteiger partial charge in [-0.1, -0.05) is 0 Å². The van der Waals surface area contributed by atoms with Gasteiger partial charge in [0.1, 0.15) is 0 Å². The SMILES string of the molecule is Cc1sc(CC2CCNC2)nc1-c1cc[nH]c1. The van der Waals surface area contributed by atoms with Crippen molar-refractivity contribution in [3.63, 3.8) is 0 Å². The van der Waals surface area contributed by atoms with Crippen LogP contribution in [0.2, 0.25) is 0 Å². The molecule has 1 unspecified atom stereocenters. The quantitative estimate of drug-likeness (QED) is 0.875. The van der Waals surface area contributed by atoms with Gasteiger partial charge >= 0.3 is 0 Å². The van der Waals surface area contributed by atoms with Crippen LogP contribution in [0.3, 0.4) is 0 Å². The third kappa shape index (κ3) is 2.28. The molecule has 2 aromatic rings. The fourth-order valence-corrected chi connectivity index (χ4v) is 3.48. The molecule has 3 heterocycles. The molecule has 0 amide bonds. The molecule has 2 N–H and O–H groups in total. The van der Waals surface area contributed by atoms with Crippen molar-refractivity contribution in [2.24, 2.45) is 5.92 Å². The fraction of sp³-hybridized carbons (Fsp3) is 0.462. The molecule has 3 nitrogen and oxygen atoms in total. The third-order valence-corrected chi connectivity index (χ3v) is 4.33. The van der Waals surface area contributed by atoms with Gasteiger partial charge in [0.05, 0.1) is 10.7 Å². The van der Waals surface area contributed by atoms with E-state index in [1.165, 1.54) is 28.4 Å². The zero-order valence-electron chi connectivity index (χ0n) is 9.99. The number of rotatable bonds is 3. The molecule has 0 aliphatic carbocycles. The van der Waals surface area contributed by atoms with Crippen LogP contribution in [0.25, 0.3) is 11.3 Å². The van der Waals surface area contributed by atoms with Crippen molar-refractivity contribution in [3.05, 3.63) is 28.3 Å². The van der Waals surface area contributed by atoms with Gasteiger partial charge < -0.3 is 10.3 Å². The van der Waals surface area contributed by atoms with E-state index < -0.39 is 0 Å². The average molecular weight is 247 g/mol. The predicted molar refractivity (Wildman–Crippen MR) is 71.3 cm³/mol. The lowest BCUT2D eigenvalue weighted by Crippen LogP contribution is -2.10. The molecule has 0 spiro atoms. The molecule has 90 valence electrons. The largest absolute Gasteiger partial charge is 0.367 e. The molecular weight excluding hydrogens is 230 g/mol. The molecule has 2 aromatic heterocycles. The number of thiazole rings is 1. The summed E-state index contributed by atoms with van der Waals surface area (Å²) in [5.74, 6) is 0.777. The van der Waals surface area contributed by atoms with Crippen LogP contribution in [0.15, 0.2) is 18.5 Å². The number of hydrogen-bond acceptors (Lipinski definition) is 3. The number of aryl methyl sites for hydroxylation is 1. The highest BCUT2D eigenvalue weighted by Gasteiger charge is 2.18. The zero-order valence-corrected chi connectivity index (χ0v) is 10.8. The minimum Gasteiger partial charge on any atom is -0.367 e. The first-order valence-corrected chi connectivity index (χ1v) is 6.95. The van der Waals surface area contributed by atoms with E-state index in [0.29, 0.717) is 0 Å². The Balaban J connectivity index is 1.80. The molecular formula is C13H17N3S. The molecule has 4 heteroatoms. The van der Waals surface area contributed by atoms with E-state index in [-0.39, 0.29) is 0 Å². The average Bonchev–Trinajstić information content (AvgIpc) is 3.00. The van der Waals surface area contributed by atoms with Crippen LogP contribution in [0, 0.1) is 12.8 Å². The van der Waals surface area contributed by atoms with E-state index in [0.717, 1.165) is 24.6 Å². The number of nitrogens with zero attached hydrogens (tertiary/aromatic N) is 1. The summed E-state index contributed by atoms with van der Waals surface area (Å²) < 4.78 is 0. The van der Waals surface area contributed by atoms with Gasteiger partial charge in [0.2, 0.25) is 0 Å². The Kier molecular flexibility index (Phi) is 2.99. The van der Waals surface area contributed by atoms with Gasteiger partial charge in [-0.2, -0.15) is 0 Å². The summed E-state index contributed by atoms with van der Waals surface area (Å²) in [5, 5.41) is 4.70. The molecule has 1 saturated heterocycles. The van der Waals surface area contributed by atoms with Crippen LogP contribution in [0.1, 0.15) is 16.3 Å². The maximum atomic E-state index is 4.79. The first-order valence-electron chi connectivity index (χ1n) is 6.13. The molecule has 1 aliphatic rings. The van der Waals surface area contributed by atoms with Crippen molar-refractivity contribution in [3.8, 4) is 11.3 Å². The molecule has 1 atom stereocenters. The molecule has 3 rings (SSSR count). The summed E-state index contributed by atoms with van der Waals surface area (Å²) in [7, 11) is 0. The predicted octanol–water partition coefficient (Wildman–Crippen LogP) is 2.60. The summed E-state index contributed by atoms with van der Waals surface area (Å²) in [5.41, 5.74) is 2.35. The van der Waals surface area contributed by atoms with Crippen LogP contribution in [-0.2, 0) is 6.42 Å². The van der Waals surface area contributed by atoms with Gasteiger partial charge in [-0.3, -0.25) is 0 Å². The molecule has 1 aliphatic heterocycles. The van der Waals surface area contributed by atoms with Crippen molar-refractivity contribution >= 4 is 11.3 Å². The molecule has 0 aromatic carbocycles. The second-order valence-electron chi connectivity index (χ2n) is 4.68. The Hall–Kier alpha value is -1.13. The second-order valence-corrected chi connectivity index (χ2v) is 5.96. The highest BCUT2D eigenvalue weighted by atomic mass is 32.1. The lowest BCUT2D eigenvalue weighted by Gasteiger charge is -2.03. The number of aromatic amines is 1. The van der Waals surface area contributed by atoms with Gasteiger partial charge in [0.15, 0.2) is 0 Å². The van der Waals surface area contributed by atoms with E-state index in [9.17, 15) is 0 Å². The Morgan fingerprint density at radius 2 is 2.47 bits per heavy atom. The number of hydrogen-bond donors (Lipinski definition) is 2. The van der Waals surface area contributed by atoms with Gasteiger partial charge in [0, 0.05) is 29.3 Å². The monoisotopic (exact) mass is 247 g/mol. The van der Waals surface area contributed by atoms with E-state index in [2.05, 4.69) is 23.3 Å². The molecule has 1 fully saturated rings. The molecule has 0 radical (unpaired) electrons. The van der Waals surface area contributed by atoms with Crippen molar-refractivity contribution in [2.45, 2.75) is 19.8 Å². The van der Waals surface area contributed by atoms with Gasteiger partial charge in [-0.05, 0) is 38.4 Å². The van der Waals surface area contributed by atoms with Crippen LogP contribution >= 0.6 is 11.3 Å². The topological polar surface area (TPSA) is 40.7 Å². The van der Waals surface area contributed by atoms with Crippen LogP contribution in [-0.4, -0.2) is 23.1 Å². The fourth-order valence-electron chi connectivity index (χ4n) is 2.41. The Labute approximate surface area is 105 Å². The Morgan fingerprint density at radius 1 is 1.53 bits per heavy atom. The van der Waals surface area contributed by atoms with E-state index in [4.69, 9.17) is 4.98 Å². The smallest absolute Gasteiger partial charge is 0.0938 e. The van der Waals surface area contributed by atoms with Crippen LogP contribution in [0.5, 0.6) is 0 Å². The Bertz CT molecular complexity index is 481. The summed E-state index contributed by atoms with van der Waals surface area (Å²) in [4.78, 5) is 9.20. The number of nitrogens with one attached hydrogen (secondary N) is 2. The third-order valence-electron chi connectivity index (χ3n) is 3.34. The number of H-pyrrole nitrogens is 1. The van der Waals surface area contributed by atoms with Crippen LogP contribution < -0.4 is 5.32 Å². The second kappa shape index (κ2) is 4.63. The first-order chi connectivity index (χ1) is 8.33. The minimum absolute atomic E-state index is 0.777. The maximum Gasteiger partial charge on any atom is 0.0938 e. The van der Waals surface area contributed by atoms with Crippen molar-refractivity contribution in [1.82, 2.24) is 15.3 Å². The Morgan fingerprint density at radius 3 is 3.18 bits per heavy atom. The van der Waals surface area contributed by atoms with E-state index in [1.807, 2.05) is 23.7 Å². The lowest BCUT2D eigenvalue weighted by atomic mass is 10.1. The highest BCUT2D eigenvalue weighted by molar-refractivity contribution is 7.12. The lowest BCUT2D eigenvalue weighted by molar-refractivity contribution is 0.578.